The van der Waals surface area contributed by atoms with E-state index >= 15 is 0 Å². The Bertz CT molecular complexity index is 669. The second kappa shape index (κ2) is 12.4. The summed E-state index contributed by atoms with van der Waals surface area (Å²) < 4.78 is 0. The van der Waals surface area contributed by atoms with Crippen molar-refractivity contribution in [3.05, 3.63) is 10.1 Å². The Kier molecular flexibility index (Phi) is 11.6. The van der Waals surface area contributed by atoms with Crippen LogP contribution in [0.25, 0.3) is 0 Å². The monoisotopic (exact) mass is 422 g/mol. The van der Waals surface area contributed by atoms with Crippen molar-refractivity contribution in [3.8, 4) is 6.07 Å². The van der Waals surface area contributed by atoms with Gasteiger partial charge in [0.25, 0.3) is 0 Å². The molecule has 29 heavy (non-hydrogen) atoms. The number of primary amides is 2. The van der Waals surface area contributed by atoms with Crippen LogP contribution in [0.5, 0.6) is 0 Å². The number of nitrogens with zero attached hydrogens (tertiary/aromatic N) is 4. The first-order valence-corrected chi connectivity index (χ1v) is 7.17. The Hall–Kier alpha value is -4.04. The lowest BCUT2D eigenvalue weighted by Gasteiger charge is -2.28. The molecule has 0 heterocycles. The van der Waals surface area contributed by atoms with Crippen LogP contribution < -0.4 is 11.5 Å². The fourth-order valence-corrected chi connectivity index (χ4v) is 1.87. The number of carbonyl (C=O) groups is 5. The molecule has 17 nitrogen and oxygen atoms in total. The highest BCUT2D eigenvalue weighted by molar-refractivity contribution is 5.81. The number of nitrogens with two attached hydrogens (primary N) is 2. The summed E-state index contributed by atoms with van der Waals surface area (Å²) in [4.78, 5) is 63.0. The molecule has 8 N–H and O–H groups in total. The third kappa shape index (κ3) is 10.0. The SMILES string of the molecule is N#CC(C(=O)O)(N(CCN(CC(=O)O)CC(=O)O)CC(=O)O)[N+](=O)[O-].NC(N)=O. The number of amides is 2. The third-order valence-electron chi connectivity index (χ3n) is 2.91. The number of aliphatic carboxylic acids is 4. The molecule has 0 aliphatic carbocycles. The van der Waals surface area contributed by atoms with E-state index in [0.29, 0.717) is 0 Å². The molecule has 0 radical (unpaired) electrons. The van der Waals surface area contributed by atoms with E-state index in [-0.39, 0.29) is 4.90 Å². The second-order valence-electron chi connectivity index (χ2n) is 5.06. The summed E-state index contributed by atoms with van der Waals surface area (Å²) in [6, 6.07) is 0.105. The minimum absolute atomic E-state index is 0.203. The number of carboxylic acids is 4. The van der Waals surface area contributed by atoms with E-state index in [1.54, 1.807) is 0 Å². The molecule has 0 aliphatic rings. The van der Waals surface area contributed by atoms with Gasteiger partial charge in [-0.05, 0) is 0 Å². The van der Waals surface area contributed by atoms with Gasteiger partial charge < -0.3 is 31.9 Å². The molecular formula is C12H18N6O11. The molecule has 1 atom stereocenters. The van der Waals surface area contributed by atoms with Crippen LogP contribution in [0.3, 0.4) is 0 Å². The van der Waals surface area contributed by atoms with Crippen LogP contribution >= 0.6 is 0 Å². The molecule has 1 unspecified atom stereocenters. The van der Waals surface area contributed by atoms with Gasteiger partial charge >= 0.3 is 35.6 Å². The number of hydrogen-bond donors (Lipinski definition) is 6. The average Bonchev–Trinajstić information content (AvgIpc) is 2.50. The van der Waals surface area contributed by atoms with Gasteiger partial charge in [0.1, 0.15) is 6.54 Å². The molecule has 0 bridgehead atoms. The van der Waals surface area contributed by atoms with Gasteiger partial charge in [-0.25, -0.2) is 14.5 Å². The van der Waals surface area contributed by atoms with E-state index in [1.807, 2.05) is 0 Å². The lowest BCUT2D eigenvalue weighted by Crippen LogP contribution is -2.62. The first kappa shape index (κ1) is 27.2. The number of rotatable bonds is 12. The van der Waals surface area contributed by atoms with Crippen LogP contribution in [-0.4, -0.2) is 103 Å². The number of nitriles is 1. The molecule has 162 valence electrons. The number of carboxylic acid groups (broad SMARTS) is 4. The van der Waals surface area contributed by atoms with E-state index in [9.17, 15) is 29.3 Å². The van der Waals surface area contributed by atoms with Gasteiger partial charge in [-0.1, -0.05) is 0 Å². The fourth-order valence-electron chi connectivity index (χ4n) is 1.87. The molecule has 0 spiro atoms. The summed E-state index contributed by atoms with van der Waals surface area (Å²) in [5.41, 5.74) is 5.08. The van der Waals surface area contributed by atoms with E-state index in [4.69, 9.17) is 30.5 Å². The van der Waals surface area contributed by atoms with Gasteiger partial charge in [0.2, 0.25) is 0 Å². The lowest BCUT2D eigenvalue weighted by atomic mass is 10.1. The normalized spacial score (nSPS) is 12.0. The topological polar surface area (TPSA) is 292 Å². The van der Waals surface area contributed by atoms with Crippen molar-refractivity contribution in [1.29, 1.82) is 5.26 Å². The zero-order valence-electron chi connectivity index (χ0n) is 14.6. The summed E-state index contributed by atoms with van der Waals surface area (Å²) >= 11 is 0. The maximum Gasteiger partial charge on any atom is 0.459 e. The van der Waals surface area contributed by atoms with Gasteiger partial charge in [-0.2, -0.15) is 5.26 Å². The van der Waals surface area contributed by atoms with Crippen molar-refractivity contribution in [1.82, 2.24) is 9.80 Å². The number of hydrogen-bond acceptors (Lipinski definition) is 10. The minimum atomic E-state index is -3.42. The largest absolute Gasteiger partial charge is 0.480 e. The van der Waals surface area contributed by atoms with Crippen molar-refractivity contribution in [2.45, 2.75) is 5.66 Å². The van der Waals surface area contributed by atoms with Crippen LogP contribution in [0, 0.1) is 21.4 Å². The molecule has 0 aliphatic heterocycles. The summed E-state index contributed by atoms with van der Waals surface area (Å²) in [6.07, 6.45) is 0. The predicted molar refractivity (Wildman–Crippen MR) is 87.7 cm³/mol. The summed E-state index contributed by atoms with van der Waals surface area (Å²) in [6.45, 7) is -4.10. The van der Waals surface area contributed by atoms with Gasteiger partial charge in [0, 0.05) is 13.1 Å². The fraction of sp³-hybridized carbons (Fsp3) is 0.500. The van der Waals surface area contributed by atoms with E-state index in [2.05, 4.69) is 11.5 Å². The zero-order valence-corrected chi connectivity index (χ0v) is 14.6. The van der Waals surface area contributed by atoms with Crippen molar-refractivity contribution in [2.75, 3.05) is 32.7 Å². The molecule has 0 fully saturated rings. The number of urea groups is 1. The van der Waals surface area contributed by atoms with Gasteiger partial charge in [0.15, 0.2) is 6.07 Å². The summed E-state index contributed by atoms with van der Waals surface area (Å²) in [5.74, 6) is -6.76. The van der Waals surface area contributed by atoms with Crippen molar-refractivity contribution in [3.63, 3.8) is 0 Å². The molecule has 0 saturated heterocycles. The number of nitro groups is 1. The van der Waals surface area contributed by atoms with Gasteiger partial charge in [0.05, 0.1) is 18.0 Å². The summed E-state index contributed by atoms with van der Waals surface area (Å²) in [7, 11) is 0. The first-order chi connectivity index (χ1) is 13.2. The standard InChI is InChI=1S/C11H14N4O10.CH4N2O/c12-6-11(10(22)23,15(24)25)14(5-9(20)21)2-1-13(3-7(16)17)4-8(18)19;2-1(3)4/h1-5H2,(H,16,17)(H,18,19)(H,20,21)(H,22,23);(H4,2,3,4). The van der Waals surface area contributed by atoms with Crippen LogP contribution in [0.4, 0.5) is 4.79 Å². The lowest BCUT2D eigenvalue weighted by molar-refractivity contribution is -0.567. The zero-order chi connectivity index (χ0) is 23.4. The maximum absolute atomic E-state index is 11.2. The van der Waals surface area contributed by atoms with Gasteiger partial charge in [-0.3, -0.25) is 29.4 Å². The second-order valence-corrected chi connectivity index (χ2v) is 5.06. The molecule has 0 aromatic rings. The smallest absolute Gasteiger partial charge is 0.459 e. The average molecular weight is 422 g/mol. The molecular weight excluding hydrogens is 404 g/mol. The third-order valence-corrected chi connectivity index (χ3v) is 2.91. The molecule has 17 heteroatoms. The highest BCUT2D eigenvalue weighted by Gasteiger charge is 2.58. The van der Waals surface area contributed by atoms with Crippen LogP contribution in [0.1, 0.15) is 0 Å². The van der Waals surface area contributed by atoms with Crippen molar-refractivity contribution >= 4 is 29.9 Å². The molecule has 0 aromatic heterocycles. The Balaban J connectivity index is 0. The maximum atomic E-state index is 11.2. The Labute approximate surface area is 161 Å². The van der Waals surface area contributed by atoms with Gasteiger partial charge in [-0.15, -0.1) is 0 Å². The highest BCUT2D eigenvalue weighted by atomic mass is 16.6. The molecule has 0 rings (SSSR count). The van der Waals surface area contributed by atoms with E-state index < -0.39 is 73.2 Å². The molecule has 0 saturated carbocycles. The Morgan fingerprint density at radius 1 is 0.931 bits per heavy atom. The van der Waals surface area contributed by atoms with Crippen molar-refractivity contribution in [2.24, 2.45) is 11.5 Å². The van der Waals surface area contributed by atoms with E-state index in [1.165, 1.54) is 0 Å². The highest BCUT2D eigenvalue weighted by Crippen LogP contribution is 2.16. The van der Waals surface area contributed by atoms with Crippen LogP contribution in [-0.2, 0) is 19.2 Å². The Morgan fingerprint density at radius 3 is 1.55 bits per heavy atom. The minimum Gasteiger partial charge on any atom is -0.480 e. The van der Waals surface area contributed by atoms with Crippen LogP contribution in [0.2, 0.25) is 0 Å². The number of carbonyl (C=O) groups excluding carboxylic acids is 1. The van der Waals surface area contributed by atoms with Crippen LogP contribution in [0.15, 0.2) is 0 Å². The molecule has 2 amide bonds. The van der Waals surface area contributed by atoms with E-state index in [0.717, 1.165) is 11.0 Å². The Morgan fingerprint density at radius 2 is 1.31 bits per heavy atom. The molecule has 0 aromatic carbocycles. The summed E-state index contributed by atoms with van der Waals surface area (Å²) in [5, 5.41) is 55.2. The predicted octanol–water partition coefficient (Wildman–Crippen LogP) is -3.55. The van der Waals surface area contributed by atoms with Crippen molar-refractivity contribution < 1.29 is 49.3 Å². The first-order valence-electron chi connectivity index (χ1n) is 7.17. The quantitative estimate of drug-likeness (QED) is 0.101.